The Hall–Kier alpha value is -3.15. The molecule has 7 rings (SSSR count). The van der Waals surface area contributed by atoms with Crippen molar-refractivity contribution in [2.45, 2.75) is 56.8 Å². The summed E-state index contributed by atoms with van der Waals surface area (Å²) in [6.07, 6.45) is 3.83. The van der Waals surface area contributed by atoms with Crippen LogP contribution in [-0.4, -0.2) is 23.2 Å². The van der Waals surface area contributed by atoms with Crippen LogP contribution in [0.1, 0.15) is 53.4 Å². The summed E-state index contributed by atoms with van der Waals surface area (Å²) in [5.41, 5.74) is 5.89. The van der Waals surface area contributed by atoms with Gasteiger partial charge in [-0.2, -0.15) is 11.3 Å². The standard InChI is InChI=1S/C27H24NS.C14H16GeN.Ir/c1-16(2)18-8-10-21-20(14-18)9-11-23-22-6-5-7-24(27(22)29-26(21)23)25-15-19(17(3)4)12-13-28-25;1-15(2,3)13-9-10-14(16-11-13)12-7-5-4-6-8-12;/h5-6,8-17H,1-4H3;4-7,9-11H,1-3H3;/q2*-1;/i16D,17D;;. The third-order valence-electron chi connectivity index (χ3n) is 8.20. The Labute approximate surface area is 296 Å². The predicted octanol–water partition coefficient (Wildman–Crippen LogP) is 11.4. The second-order valence-corrected chi connectivity index (χ2v) is 24.6. The molecule has 46 heavy (non-hydrogen) atoms. The summed E-state index contributed by atoms with van der Waals surface area (Å²) in [4.78, 5) is 9.15. The van der Waals surface area contributed by atoms with Gasteiger partial charge in [0.25, 0.3) is 0 Å². The van der Waals surface area contributed by atoms with Gasteiger partial charge in [0.1, 0.15) is 0 Å². The third-order valence-corrected chi connectivity index (χ3v) is 13.7. The molecule has 0 unspecified atom stereocenters. The zero-order valence-corrected chi connectivity index (χ0v) is 32.8. The number of hydrogen-bond acceptors (Lipinski definition) is 3. The van der Waals surface area contributed by atoms with Crippen molar-refractivity contribution in [2.24, 2.45) is 0 Å². The number of benzene rings is 4. The van der Waals surface area contributed by atoms with Crippen LogP contribution < -0.4 is 4.40 Å². The largest absolute Gasteiger partial charge is 0 e. The van der Waals surface area contributed by atoms with E-state index in [2.05, 4.69) is 87.9 Å². The maximum Gasteiger partial charge on any atom is 0 e. The Kier molecular flexibility index (Phi) is 9.79. The molecule has 0 N–H and O–H groups in total. The van der Waals surface area contributed by atoms with Gasteiger partial charge >= 0.3 is 99.8 Å². The van der Waals surface area contributed by atoms with E-state index in [1.807, 2.05) is 76.4 Å². The van der Waals surface area contributed by atoms with E-state index in [9.17, 15) is 0 Å². The quantitative estimate of drug-likeness (QED) is 0.127. The molecule has 2 nitrogen and oxygen atoms in total. The van der Waals surface area contributed by atoms with Crippen molar-refractivity contribution < 1.29 is 22.8 Å². The molecule has 0 aliphatic heterocycles. The SMILES string of the molecule is [2H]C(C)(C)c1ccnc(-c2[c-]ccc3c2sc2c4ccc(C([2H])(C)C)cc4ccc32)c1.[CH3][Ge]([CH3])([CH3])[c]1ccc(-c2[c-]cccc2)nc1.[Ir]. The van der Waals surface area contributed by atoms with Crippen LogP contribution >= 0.6 is 11.3 Å². The molecule has 0 saturated heterocycles. The van der Waals surface area contributed by atoms with E-state index in [0.717, 1.165) is 33.6 Å². The summed E-state index contributed by atoms with van der Waals surface area (Å²) >= 11 is 0.0584. The minimum atomic E-state index is -1.72. The molecule has 0 saturated carbocycles. The van der Waals surface area contributed by atoms with E-state index in [4.69, 9.17) is 2.74 Å². The molecule has 1 radical (unpaired) electrons. The maximum atomic E-state index is 8.39. The fourth-order valence-electron chi connectivity index (χ4n) is 5.46. The first-order valence-electron chi connectivity index (χ1n) is 16.4. The van der Waals surface area contributed by atoms with Gasteiger partial charge in [0.05, 0.1) is 0 Å². The molecule has 0 aliphatic rings. The average Bonchev–Trinajstić information content (AvgIpc) is 3.44. The number of thiophene rings is 1. The van der Waals surface area contributed by atoms with Gasteiger partial charge in [0.15, 0.2) is 0 Å². The molecule has 4 aromatic carbocycles. The number of pyridine rings is 2. The number of nitrogens with zero attached hydrogens (tertiary/aromatic N) is 2. The zero-order valence-electron chi connectivity index (χ0n) is 29.5. The first-order chi connectivity index (χ1) is 22.2. The third kappa shape index (κ3) is 7.21. The maximum absolute atomic E-state index is 8.39. The monoisotopic (exact) mass is 861 g/mol. The topological polar surface area (TPSA) is 25.8 Å². The summed E-state index contributed by atoms with van der Waals surface area (Å²) in [6, 6.07) is 37.7. The number of rotatable bonds is 5. The normalized spacial score (nSPS) is 12.7. The first-order valence-corrected chi connectivity index (χ1v) is 23.6. The molecule has 0 fully saturated rings. The zero-order chi connectivity index (χ0) is 33.6. The summed E-state index contributed by atoms with van der Waals surface area (Å²) in [6.45, 7) is 7.64. The summed E-state index contributed by atoms with van der Waals surface area (Å²) in [5.74, 6) is 5.85. The minimum absolute atomic E-state index is 0. The molecular weight excluding hydrogens is 817 g/mol. The van der Waals surface area contributed by atoms with Crippen LogP contribution in [0.5, 0.6) is 0 Å². The fraction of sp³-hybridized carbons (Fsp3) is 0.220. The van der Waals surface area contributed by atoms with Crippen LogP contribution in [0.25, 0.3) is 53.5 Å². The van der Waals surface area contributed by atoms with Crippen LogP contribution in [0.2, 0.25) is 17.3 Å². The van der Waals surface area contributed by atoms with Crippen molar-refractivity contribution >= 4 is 59.9 Å². The van der Waals surface area contributed by atoms with E-state index < -0.39 is 25.1 Å². The van der Waals surface area contributed by atoms with Crippen molar-refractivity contribution in [2.75, 3.05) is 0 Å². The molecule has 0 atom stereocenters. The Morgan fingerprint density at radius 2 is 1.43 bits per heavy atom. The Morgan fingerprint density at radius 1 is 0.696 bits per heavy atom. The van der Waals surface area contributed by atoms with Crippen molar-refractivity contribution in [3.8, 4) is 22.5 Å². The van der Waals surface area contributed by atoms with Crippen molar-refractivity contribution in [3.63, 3.8) is 0 Å². The van der Waals surface area contributed by atoms with Gasteiger partial charge in [0, 0.05) is 33.7 Å². The van der Waals surface area contributed by atoms with Gasteiger partial charge < -0.3 is 4.98 Å². The van der Waals surface area contributed by atoms with Crippen LogP contribution in [0.15, 0.2) is 103 Å². The second-order valence-electron chi connectivity index (χ2n) is 13.0. The first kappa shape index (κ1) is 31.5. The number of hydrogen-bond donors (Lipinski definition) is 0. The van der Waals surface area contributed by atoms with Crippen LogP contribution in [0.4, 0.5) is 0 Å². The molecule has 7 aromatic rings. The van der Waals surface area contributed by atoms with Crippen LogP contribution in [0.3, 0.4) is 0 Å². The van der Waals surface area contributed by atoms with Crippen LogP contribution in [0, 0.1) is 12.1 Å². The molecule has 5 heteroatoms. The summed E-state index contributed by atoms with van der Waals surface area (Å²) < 4.78 is 20.6. The van der Waals surface area contributed by atoms with Crippen molar-refractivity contribution in [3.05, 3.63) is 127 Å². The summed E-state index contributed by atoms with van der Waals surface area (Å²) in [5, 5.41) is 4.82. The van der Waals surface area contributed by atoms with Gasteiger partial charge in [-0.25, -0.2) is 0 Å². The molecule has 235 valence electrons. The Balaban J connectivity index is 0.000000224. The molecule has 3 aromatic heterocycles. The average molecular weight is 860 g/mol. The van der Waals surface area contributed by atoms with Crippen LogP contribution in [-0.2, 0) is 20.1 Å². The number of aromatic nitrogens is 2. The van der Waals surface area contributed by atoms with Gasteiger partial charge in [-0.1, -0.05) is 75.0 Å². The smallest absolute Gasteiger partial charge is 0 e. The molecular formula is C41H40GeIrN2S-2. The van der Waals surface area contributed by atoms with E-state index >= 15 is 0 Å². The minimum Gasteiger partial charge on any atom is 0 e. The van der Waals surface area contributed by atoms with Crippen molar-refractivity contribution in [1.29, 1.82) is 0 Å². The van der Waals surface area contributed by atoms with Gasteiger partial charge in [-0.3, -0.25) is 0 Å². The fourth-order valence-corrected chi connectivity index (χ4v) is 8.97. The molecule has 0 bridgehead atoms. The van der Waals surface area contributed by atoms with E-state index in [0.29, 0.717) is 0 Å². The second kappa shape index (κ2) is 14.3. The molecule has 0 aliphatic carbocycles. The Bertz CT molecular complexity index is 2190. The van der Waals surface area contributed by atoms with Crippen molar-refractivity contribution in [1.82, 2.24) is 9.97 Å². The van der Waals surface area contributed by atoms with E-state index in [1.54, 1.807) is 17.5 Å². The molecule has 3 heterocycles. The van der Waals surface area contributed by atoms with Gasteiger partial charge in [0.2, 0.25) is 0 Å². The predicted molar refractivity (Wildman–Crippen MR) is 199 cm³/mol. The van der Waals surface area contributed by atoms with Gasteiger partial charge in [-0.05, 0) is 50.0 Å². The molecule has 0 spiro atoms. The Morgan fingerprint density at radius 3 is 2.11 bits per heavy atom. The van der Waals surface area contributed by atoms with E-state index in [-0.39, 0.29) is 20.1 Å². The molecule has 0 amide bonds. The number of fused-ring (bicyclic) bond motifs is 5. The van der Waals surface area contributed by atoms with Gasteiger partial charge in [-0.15, -0.1) is 23.8 Å². The van der Waals surface area contributed by atoms with E-state index in [1.165, 1.54) is 35.3 Å². The summed E-state index contributed by atoms with van der Waals surface area (Å²) in [7, 11) is 0.